The molecule has 1 N–H and O–H groups in total. The second kappa shape index (κ2) is 7.21. The molecule has 1 aliphatic carbocycles. The predicted octanol–water partition coefficient (Wildman–Crippen LogP) is 1.93. The number of hydrogen-bond donors (Lipinski definition) is 1. The summed E-state index contributed by atoms with van der Waals surface area (Å²) in [6, 6.07) is 0.479. The second-order valence-corrected chi connectivity index (χ2v) is 7.71. The van der Waals surface area contributed by atoms with Crippen LogP contribution in [0.1, 0.15) is 63.0 Å². The van der Waals surface area contributed by atoms with E-state index in [1.54, 1.807) is 4.68 Å². The lowest BCUT2D eigenvalue weighted by Crippen LogP contribution is -2.50. The number of hydrogen-bond acceptors (Lipinski definition) is 4. The molecular formula is C18H29N5O. The van der Waals surface area contributed by atoms with Crippen molar-refractivity contribution in [3.63, 3.8) is 0 Å². The van der Waals surface area contributed by atoms with Crippen molar-refractivity contribution in [2.75, 3.05) is 19.6 Å². The fourth-order valence-corrected chi connectivity index (χ4v) is 4.86. The molecule has 132 valence electrons. The zero-order valence-electron chi connectivity index (χ0n) is 14.5. The summed E-state index contributed by atoms with van der Waals surface area (Å²) < 4.78 is 1.76. The van der Waals surface area contributed by atoms with Gasteiger partial charge in [0.05, 0.1) is 5.69 Å². The number of carbonyl (C=O) groups is 1. The van der Waals surface area contributed by atoms with Gasteiger partial charge in [0.2, 0.25) is 5.91 Å². The fourth-order valence-electron chi connectivity index (χ4n) is 4.86. The first-order valence-electron chi connectivity index (χ1n) is 9.71. The van der Waals surface area contributed by atoms with Gasteiger partial charge in [-0.25, -0.2) is 4.68 Å². The third-order valence-corrected chi connectivity index (χ3v) is 6.17. The number of carbonyl (C=O) groups excluding carboxylic acids is 1. The topological polar surface area (TPSA) is 63.1 Å². The lowest BCUT2D eigenvalue weighted by Gasteiger charge is -2.44. The molecule has 4 rings (SSSR count). The summed E-state index contributed by atoms with van der Waals surface area (Å²) >= 11 is 0. The molecule has 0 aromatic carbocycles. The largest absolute Gasteiger partial charge is 0.338 e. The summed E-state index contributed by atoms with van der Waals surface area (Å²) in [5.74, 6) is 1.46. The maximum atomic E-state index is 12.8. The molecule has 3 heterocycles. The van der Waals surface area contributed by atoms with E-state index in [2.05, 4.69) is 20.5 Å². The molecule has 2 unspecified atom stereocenters. The van der Waals surface area contributed by atoms with Crippen LogP contribution in [0, 0.1) is 5.92 Å². The van der Waals surface area contributed by atoms with E-state index in [1.807, 2.05) is 6.20 Å². The maximum absolute atomic E-state index is 12.8. The number of likely N-dealkylation sites (tertiary alicyclic amines) is 1. The van der Waals surface area contributed by atoms with Crippen LogP contribution in [0.3, 0.4) is 0 Å². The van der Waals surface area contributed by atoms with Crippen LogP contribution in [0.25, 0.3) is 0 Å². The Morgan fingerprint density at radius 1 is 1.12 bits per heavy atom. The number of piperidine rings is 2. The summed E-state index contributed by atoms with van der Waals surface area (Å²) in [6.07, 6.45) is 11.8. The first-order chi connectivity index (χ1) is 11.8. The maximum Gasteiger partial charge on any atom is 0.244 e. The van der Waals surface area contributed by atoms with Crippen LogP contribution < -0.4 is 5.32 Å². The molecular weight excluding hydrogens is 302 g/mol. The average Bonchev–Trinajstić information content (AvgIpc) is 3.10. The molecule has 3 aliphatic rings. The van der Waals surface area contributed by atoms with E-state index in [0.29, 0.717) is 18.5 Å². The number of nitrogens with zero attached hydrogens (tertiary/aromatic N) is 4. The summed E-state index contributed by atoms with van der Waals surface area (Å²) in [5, 5.41) is 11.9. The van der Waals surface area contributed by atoms with Gasteiger partial charge in [0.25, 0.3) is 0 Å². The van der Waals surface area contributed by atoms with Gasteiger partial charge in [-0.05, 0) is 57.5 Å². The van der Waals surface area contributed by atoms with Gasteiger partial charge in [-0.1, -0.05) is 18.1 Å². The SMILES string of the molecule is O=C(Cn1cc(C2CCNCC2)nn1)N1CCCC2CCCCC21. The Balaban J connectivity index is 1.39. The van der Waals surface area contributed by atoms with Gasteiger partial charge in [-0.3, -0.25) is 4.79 Å². The summed E-state index contributed by atoms with van der Waals surface area (Å²) in [4.78, 5) is 15.0. The molecule has 0 radical (unpaired) electrons. The Hall–Kier alpha value is -1.43. The molecule has 6 heteroatoms. The Labute approximate surface area is 144 Å². The van der Waals surface area contributed by atoms with Crippen molar-refractivity contribution < 1.29 is 4.79 Å². The van der Waals surface area contributed by atoms with Gasteiger partial charge in [0.15, 0.2) is 0 Å². The van der Waals surface area contributed by atoms with Crippen molar-refractivity contribution in [2.45, 2.75) is 69.9 Å². The van der Waals surface area contributed by atoms with Crippen LogP contribution in [0.15, 0.2) is 6.20 Å². The summed E-state index contributed by atoms with van der Waals surface area (Å²) in [6.45, 7) is 3.37. The van der Waals surface area contributed by atoms with Gasteiger partial charge < -0.3 is 10.2 Å². The van der Waals surface area contributed by atoms with Gasteiger partial charge in [0.1, 0.15) is 6.54 Å². The van der Waals surface area contributed by atoms with Crippen molar-refractivity contribution in [1.29, 1.82) is 0 Å². The van der Waals surface area contributed by atoms with Crippen LogP contribution in [-0.2, 0) is 11.3 Å². The Morgan fingerprint density at radius 3 is 2.79 bits per heavy atom. The average molecular weight is 331 g/mol. The number of rotatable bonds is 3. The number of fused-ring (bicyclic) bond motifs is 1. The van der Waals surface area contributed by atoms with E-state index < -0.39 is 0 Å². The van der Waals surface area contributed by atoms with Crippen molar-refractivity contribution >= 4 is 5.91 Å². The lowest BCUT2D eigenvalue weighted by molar-refractivity contribution is -0.138. The lowest BCUT2D eigenvalue weighted by atomic mass is 9.78. The minimum absolute atomic E-state index is 0.230. The summed E-state index contributed by atoms with van der Waals surface area (Å²) in [5.41, 5.74) is 1.05. The fraction of sp³-hybridized carbons (Fsp3) is 0.833. The minimum Gasteiger partial charge on any atom is -0.338 e. The van der Waals surface area contributed by atoms with Gasteiger partial charge >= 0.3 is 0 Å². The Morgan fingerprint density at radius 2 is 1.92 bits per heavy atom. The molecule has 1 saturated carbocycles. The van der Waals surface area contributed by atoms with E-state index >= 15 is 0 Å². The molecule has 2 aliphatic heterocycles. The normalized spacial score (nSPS) is 28.6. The van der Waals surface area contributed by atoms with Gasteiger partial charge in [-0.15, -0.1) is 5.10 Å². The van der Waals surface area contributed by atoms with Gasteiger partial charge in [-0.2, -0.15) is 0 Å². The highest BCUT2D eigenvalue weighted by Gasteiger charge is 2.35. The smallest absolute Gasteiger partial charge is 0.244 e. The van der Waals surface area contributed by atoms with E-state index in [1.165, 1.54) is 32.1 Å². The molecule has 1 aromatic rings. The van der Waals surface area contributed by atoms with Crippen LogP contribution in [0.2, 0.25) is 0 Å². The monoisotopic (exact) mass is 331 g/mol. The van der Waals surface area contributed by atoms with Crippen LogP contribution >= 0.6 is 0 Å². The summed E-state index contributed by atoms with van der Waals surface area (Å²) in [7, 11) is 0. The van der Waals surface area contributed by atoms with Crippen molar-refractivity contribution in [3.8, 4) is 0 Å². The predicted molar refractivity (Wildman–Crippen MR) is 91.6 cm³/mol. The van der Waals surface area contributed by atoms with Crippen LogP contribution in [0.5, 0.6) is 0 Å². The highest BCUT2D eigenvalue weighted by atomic mass is 16.2. The van der Waals surface area contributed by atoms with Crippen LogP contribution in [0.4, 0.5) is 0 Å². The standard InChI is InChI=1S/C18H29N5O/c24-18(23-11-3-5-15-4-1-2-6-17(15)23)13-22-12-16(20-21-22)14-7-9-19-10-8-14/h12,14-15,17,19H,1-11,13H2. The highest BCUT2D eigenvalue weighted by Crippen LogP contribution is 2.35. The van der Waals surface area contributed by atoms with Crippen molar-refractivity contribution in [2.24, 2.45) is 5.92 Å². The first-order valence-corrected chi connectivity index (χ1v) is 9.71. The zero-order valence-corrected chi connectivity index (χ0v) is 14.5. The first kappa shape index (κ1) is 16.1. The molecule has 1 aromatic heterocycles. The third-order valence-electron chi connectivity index (χ3n) is 6.17. The zero-order chi connectivity index (χ0) is 16.4. The Bertz CT molecular complexity index is 564. The molecule has 0 bridgehead atoms. The molecule has 2 atom stereocenters. The van der Waals surface area contributed by atoms with E-state index in [9.17, 15) is 4.79 Å². The van der Waals surface area contributed by atoms with E-state index in [0.717, 1.165) is 50.5 Å². The van der Waals surface area contributed by atoms with Crippen molar-refractivity contribution in [1.82, 2.24) is 25.2 Å². The number of amides is 1. The molecule has 2 saturated heterocycles. The van der Waals surface area contributed by atoms with E-state index in [4.69, 9.17) is 0 Å². The minimum atomic E-state index is 0.230. The molecule has 24 heavy (non-hydrogen) atoms. The Kier molecular flexibility index (Phi) is 4.83. The number of nitrogens with one attached hydrogen (secondary N) is 1. The third kappa shape index (κ3) is 3.34. The molecule has 6 nitrogen and oxygen atoms in total. The van der Waals surface area contributed by atoms with Crippen molar-refractivity contribution in [3.05, 3.63) is 11.9 Å². The molecule has 0 spiro atoms. The van der Waals surface area contributed by atoms with Gasteiger partial charge in [0, 0.05) is 24.7 Å². The van der Waals surface area contributed by atoms with E-state index in [-0.39, 0.29) is 5.91 Å². The molecule has 1 amide bonds. The molecule has 3 fully saturated rings. The second-order valence-electron chi connectivity index (χ2n) is 7.71. The highest BCUT2D eigenvalue weighted by molar-refractivity contribution is 5.76. The van der Waals surface area contributed by atoms with Crippen LogP contribution in [-0.4, -0.2) is 51.5 Å². The number of aromatic nitrogens is 3. The quantitative estimate of drug-likeness (QED) is 0.919.